The number of hydrogen-bond donors (Lipinski definition) is 1. The van der Waals surface area contributed by atoms with Crippen LogP contribution in [0.4, 0.5) is 21.5 Å². The summed E-state index contributed by atoms with van der Waals surface area (Å²) in [5.41, 5.74) is 2.76. The molecule has 1 aliphatic rings. The largest absolute Gasteiger partial charge is 0.456 e. The molecule has 8 nitrogen and oxygen atoms in total. The van der Waals surface area contributed by atoms with Crippen LogP contribution in [-0.4, -0.2) is 41.9 Å². The van der Waals surface area contributed by atoms with E-state index in [0.29, 0.717) is 34.9 Å². The van der Waals surface area contributed by atoms with Crippen LogP contribution in [0, 0.1) is 15.9 Å². The second-order valence-electron chi connectivity index (χ2n) is 9.20. The summed E-state index contributed by atoms with van der Waals surface area (Å²) in [7, 11) is 0. The van der Waals surface area contributed by atoms with E-state index in [1.807, 2.05) is 36.4 Å². The van der Waals surface area contributed by atoms with Crippen LogP contribution >= 0.6 is 0 Å². The Bertz CT molecular complexity index is 1490. The number of amides is 1. The maximum Gasteiger partial charge on any atom is 0.280 e. The first kappa shape index (κ1) is 25.9. The Morgan fingerprint density at radius 3 is 2.41 bits per heavy atom. The highest BCUT2D eigenvalue weighted by Gasteiger charge is 2.19. The second kappa shape index (κ2) is 11.7. The highest BCUT2D eigenvalue weighted by atomic mass is 19.1. The zero-order valence-electron chi connectivity index (χ0n) is 21.1. The Labute approximate surface area is 225 Å². The van der Waals surface area contributed by atoms with Gasteiger partial charge in [0.1, 0.15) is 17.3 Å². The molecule has 0 radical (unpaired) electrons. The first-order valence-electron chi connectivity index (χ1n) is 12.6. The molecule has 5 rings (SSSR count). The van der Waals surface area contributed by atoms with Gasteiger partial charge in [-0.1, -0.05) is 30.3 Å². The van der Waals surface area contributed by atoms with Gasteiger partial charge in [-0.25, -0.2) is 4.39 Å². The number of nitro groups is 1. The molecule has 0 atom stereocenters. The first-order valence-corrected chi connectivity index (χ1v) is 12.6. The highest BCUT2D eigenvalue weighted by Crippen LogP contribution is 2.31. The number of carbonyl (C=O) groups is 1. The average molecular weight is 527 g/mol. The number of piperazine rings is 1. The Hall–Kier alpha value is -4.76. The van der Waals surface area contributed by atoms with Crippen molar-refractivity contribution in [3.8, 4) is 11.3 Å². The number of halogens is 1. The van der Waals surface area contributed by atoms with Crippen molar-refractivity contribution in [2.24, 2.45) is 0 Å². The van der Waals surface area contributed by atoms with Crippen molar-refractivity contribution in [2.45, 2.75) is 6.54 Å². The number of rotatable bonds is 8. The molecule has 1 amide bonds. The molecule has 4 aromatic rings. The van der Waals surface area contributed by atoms with Gasteiger partial charge < -0.3 is 14.6 Å². The summed E-state index contributed by atoms with van der Waals surface area (Å²) in [4.78, 5) is 27.8. The number of hydrogen-bond acceptors (Lipinski definition) is 6. The first-order chi connectivity index (χ1) is 19.0. The lowest BCUT2D eigenvalue weighted by Crippen LogP contribution is -2.46. The van der Waals surface area contributed by atoms with Crippen LogP contribution in [0.5, 0.6) is 0 Å². The second-order valence-corrected chi connectivity index (χ2v) is 9.20. The third-order valence-electron chi connectivity index (χ3n) is 6.62. The topological polar surface area (TPSA) is 91.9 Å². The Morgan fingerprint density at radius 1 is 0.949 bits per heavy atom. The maximum absolute atomic E-state index is 14.0. The van der Waals surface area contributed by atoms with Crippen molar-refractivity contribution in [1.82, 2.24) is 4.90 Å². The molecule has 2 heterocycles. The summed E-state index contributed by atoms with van der Waals surface area (Å²) in [6.45, 7) is 3.94. The summed E-state index contributed by atoms with van der Waals surface area (Å²) >= 11 is 0. The number of para-hydroxylation sites is 1. The highest BCUT2D eigenvalue weighted by molar-refractivity contribution is 6.01. The molecular formula is C30H27FN4O4. The van der Waals surface area contributed by atoms with Gasteiger partial charge >= 0.3 is 0 Å². The average Bonchev–Trinajstić information content (AvgIpc) is 3.43. The van der Waals surface area contributed by atoms with E-state index in [4.69, 9.17) is 4.42 Å². The van der Waals surface area contributed by atoms with Crippen LogP contribution in [0.15, 0.2) is 95.4 Å². The van der Waals surface area contributed by atoms with Crippen LogP contribution in [-0.2, 0) is 11.3 Å². The quantitative estimate of drug-likeness (QED) is 0.173. The molecule has 39 heavy (non-hydrogen) atoms. The van der Waals surface area contributed by atoms with Crippen LogP contribution < -0.4 is 10.2 Å². The SMILES string of the molecule is O=C(/C=C/c1ccc(-c2ccccc2[N+](=O)[O-])o1)Nc1ccc(N2CCN(Cc3ccccc3F)CC2)cc1. The summed E-state index contributed by atoms with van der Waals surface area (Å²) in [5.74, 6) is 0.266. The third-order valence-corrected chi connectivity index (χ3v) is 6.62. The van der Waals surface area contributed by atoms with Crippen LogP contribution in [0.1, 0.15) is 11.3 Å². The van der Waals surface area contributed by atoms with E-state index in [-0.39, 0.29) is 17.4 Å². The van der Waals surface area contributed by atoms with E-state index in [1.165, 1.54) is 24.3 Å². The van der Waals surface area contributed by atoms with Gasteiger partial charge in [0.2, 0.25) is 5.91 Å². The van der Waals surface area contributed by atoms with E-state index < -0.39 is 4.92 Å². The van der Waals surface area contributed by atoms with Crippen molar-refractivity contribution < 1.29 is 18.5 Å². The number of anilines is 2. The van der Waals surface area contributed by atoms with E-state index in [2.05, 4.69) is 15.1 Å². The summed E-state index contributed by atoms with van der Waals surface area (Å²) in [6, 6.07) is 24.2. The van der Waals surface area contributed by atoms with E-state index in [0.717, 1.165) is 31.9 Å². The van der Waals surface area contributed by atoms with Gasteiger partial charge in [-0.2, -0.15) is 0 Å². The molecule has 0 spiro atoms. The monoisotopic (exact) mass is 526 g/mol. The van der Waals surface area contributed by atoms with Gasteiger partial charge in [0, 0.05) is 61.8 Å². The zero-order valence-corrected chi connectivity index (χ0v) is 21.1. The third kappa shape index (κ3) is 6.39. The smallest absolute Gasteiger partial charge is 0.280 e. The van der Waals surface area contributed by atoms with Gasteiger partial charge in [-0.05, 0) is 54.6 Å². The van der Waals surface area contributed by atoms with Gasteiger partial charge in [-0.3, -0.25) is 19.8 Å². The molecule has 0 unspecified atom stereocenters. The fraction of sp³-hybridized carbons (Fsp3) is 0.167. The van der Waals surface area contributed by atoms with E-state index in [1.54, 1.807) is 36.4 Å². The van der Waals surface area contributed by atoms with Crippen LogP contribution in [0.2, 0.25) is 0 Å². The van der Waals surface area contributed by atoms with Gasteiger partial charge in [0.05, 0.1) is 10.5 Å². The zero-order chi connectivity index (χ0) is 27.2. The summed E-state index contributed by atoms with van der Waals surface area (Å²) < 4.78 is 19.6. The molecule has 1 aromatic heterocycles. The fourth-order valence-corrected chi connectivity index (χ4v) is 4.56. The predicted molar refractivity (Wildman–Crippen MR) is 149 cm³/mol. The maximum atomic E-state index is 14.0. The molecule has 9 heteroatoms. The number of nitrogens with one attached hydrogen (secondary N) is 1. The number of nitro benzene ring substituents is 1. The molecule has 1 aliphatic heterocycles. The van der Waals surface area contributed by atoms with Crippen molar-refractivity contribution >= 4 is 29.0 Å². The minimum atomic E-state index is -0.458. The van der Waals surface area contributed by atoms with Crippen molar-refractivity contribution in [1.29, 1.82) is 0 Å². The van der Waals surface area contributed by atoms with E-state index in [9.17, 15) is 19.3 Å². The molecule has 3 aromatic carbocycles. The Balaban J connectivity index is 1.13. The summed E-state index contributed by atoms with van der Waals surface area (Å²) in [6.07, 6.45) is 2.87. The lowest BCUT2D eigenvalue weighted by molar-refractivity contribution is -0.384. The lowest BCUT2D eigenvalue weighted by atomic mass is 10.1. The molecule has 1 fully saturated rings. The number of benzene rings is 3. The van der Waals surface area contributed by atoms with Gasteiger partial charge in [0.15, 0.2) is 0 Å². The fourth-order valence-electron chi connectivity index (χ4n) is 4.56. The molecule has 1 saturated heterocycles. The number of furan rings is 1. The molecular weight excluding hydrogens is 499 g/mol. The van der Waals surface area contributed by atoms with Gasteiger partial charge in [0.25, 0.3) is 5.69 Å². The minimum absolute atomic E-state index is 0.0481. The predicted octanol–water partition coefficient (Wildman–Crippen LogP) is 5.97. The Morgan fingerprint density at radius 2 is 1.67 bits per heavy atom. The summed E-state index contributed by atoms with van der Waals surface area (Å²) in [5, 5.41) is 14.1. The molecule has 1 N–H and O–H groups in total. The number of nitrogens with zero attached hydrogens (tertiary/aromatic N) is 3. The number of carbonyl (C=O) groups excluding carboxylic acids is 1. The normalized spacial score (nSPS) is 14.0. The van der Waals surface area contributed by atoms with Gasteiger partial charge in [-0.15, -0.1) is 0 Å². The lowest BCUT2D eigenvalue weighted by Gasteiger charge is -2.36. The van der Waals surface area contributed by atoms with Crippen LogP contribution in [0.25, 0.3) is 17.4 Å². The molecule has 0 aliphatic carbocycles. The molecule has 198 valence electrons. The standard InChI is InChI=1S/C30H27FN4O4/c31-27-7-3-1-5-22(27)21-33-17-19-34(20-18-33)24-11-9-23(10-12-24)32-30(36)16-14-25-13-15-29(39-25)26-6-2-4-8-28(26)35(37)38/h1-16H,17-21H2,(H,32,36)/b16-14+. The van der Waals surface area contributed by atoms with Crippen molar-refractivity contribution in [3.05, 3.63) is 118 Å². The molecule has 0 bridgehead atoms. The van der Waals surface area contributed by atoms with Crippen LogP contribution in [0.3, 0.4) is 0 Å². The van der Waals surface area contributed by atoms with Crippen molar-refractivity contribution in [3.63, 3.8) is 0 Å². The van der Waals surface area contributed by atoms with Crippen molar-refractivity contribution in [2.75, 3.05) is 36.4 Å². The minimum Gasteiger partial charge on any atom is -0.456 e. The van der Waals surface area contributed by atoms with E-state index >= 15 is 0 Å². The Kier molecular flexibility index (Phi) is 7.79. The molecule has 0 saturated carbocycles.